The lowest BCUT2D eigenvalue weighted by atomic mass is 9.84. The molecular weight excluding hydrogens is 339 g/mol. The number of carboxylic acid groups (broad SMARTS) is 1. The molecule has 0 radical (unpaired) electrons. The number of hydrogen-bond acceptors (Lipinski definition) is 3. The van der Waals surface area contributed by atoms with Crippen molar-refractivity contribution in [3.63, 3.8) is 0 Å². The highest BCUT2D eigenvalue weighted by molar-refractivity contribution is 6.07. The van der Waals surface area contributed by atoms with Gasteiger partial charge in [-0.15, -0.1) is 0 Å². The van der Waals surface area contributed by atoms with Gasteiger partial charge in [-0.05, 0) is 43.4 Å². The quantitative estimate of drug-likeness (QED) is 0.863. The fourth-order valence-electron chi connectivity index (χ4n) is 4.52. The van der Waals surface area contributed by atoms with Gasteiger partial charge in [0.05, 0.1) is 11.1 Å². The van der Waals surface area contributed by atoms with Crippen molar-refractivity contribution in [2.24, 2.45) is 5.92 Å². The second-order valence-corrected chi connectivity index (χ2v) is 7.15. The molecule has 1 saturated heterocycles. The summed E-state index contributed by atoms with van der Waals surface area (Å²) >= 11 is 0. The summed E-state index contributed by atoms with van der Waals surface area (Å²) in [4.78, 5) is 41.0. The third-order valence-electron chi connectivity index (χ3n) is 5.64. The average molecular weight is 358 g/mol. The van der Waals surface area contributed by atoms with E-state index in [1.54, 1.807) is 0 Å². The van der Waals surface area contributed by atoms with Crippen LogP contribution in [0.25, 0.3) is 10.9 Å². The number of hydrogen-bond donors (Lipinski definition) is 2. The van der Waals surface area contributed by atoms with Gasteiger partial charge in [-0.2, -0.15) is 0 Å². The Kier molecular flexibility index (Phi) is 4.01. The zero-order valence-corrected chi connectivity index (χ0v) is 14.1. The predicted octanol–water partition coefficient (Wildman–Crippen LogP) is 2.53. The largest absolute Gasteiger partial charge is 0.480 e. The van der Waals surface area contributed by atoms with Gasteiger partial charge >= 0.3 is 5.97 Å². The van der Waals surface area contributed by atoms with Crippen molar-refractivity contribution in [3.8, 4) is 0 Å². The molecule has 2 N–H and O–H groups in total. The van der Waals surface area contributed by atoms with Gasteiger partial charge in [-0.25, -0.2) is 9.18 Å². The maximum absolute atomic E-state index is 13.5. The van der Waals surface area contributed by atoms with E-state index in [9.17, 15) is 23.9 Å². The molecule has 1 aromatic heterocycles. The zero-order valence-electron chi connectivity index (χ0n) is 14.1. The molecular formula is C19H19FN2O4. The summed E-state index contributed by atoms with van der Waals surface area (Å²) in [6.45, 7) is 0. The van der Waals surface area contributed by atoms with E-state index in [1.165, 1.54) is 23.1 Å². The molecule has 26 heavy (non-hydrogen) atoms. The Labute approximate surface area is 148 Å². The van der Waals surface area contributed by atoms with E-state index in [2.05, 4.69) is 4.98 Å². The van der Waals surface area contributed by atoms with Crippen LogP contribution in [0.5, 0.6) is 0 Å². The predicted molar refractivity (Wildman–Crippen MR) is 92.5 cm³/mol. The summed E-state index contributed by atoms with van der Waals surface area (Å²) in [5.41, 5.74) is -0.161. The monoisotopic (exact) mass is 358 g/mol. The number of benzene rings is 1. The molecule has 1 saturated carbocycles. The van der Waals surface area contributed by atoms with E-state index >= 15 is 0 Å². The van der Waals surface area contributed by atoms with Crippen molar-refractivity contribution in [3.05, 3.63) is 46.0 Å². The van der Waals surface area contributed by atoms with Crippen LogP contribution in [0.15, 0.2) is 29.1 Å². The number of aromatic nitrogens is 1. The van der Waals surface area contributed by atoms with Crippen molar-refractivity contribution in [1.29, 1.82) is 0 Å². The van der Waals surface area contributed by atoms with Crippen molar-refractivity contribution in [2.75, 3.05) is 0 Å². The fraction of sp³-hybridized carbons (Fsp3) is 0.421. The fourth-order valence-corrected chi connectivity index (χ4v) is 4.52. The van der Waals surface area contributed by atoms with Crippen LogP contribution in [0.4, 0.5) is 4.39 Å². The van der Waals surface area contributed by atoms with E-state index in [1.807, 2.05) is 0 Å². The Bertz CT molecular complexity index is 954. The van der Waals surface area contributed by atoms with Crippen LogP contribution in [0.2, 0.25) is 0 Å². The third-order valence-corrected chi connectivity index (χ3v) is 5.64. The average Bonchev–Trinajstić information content (AvgIpc) is 3.00. The van der Waals surface area contributed by atoms with Crippen LogP contribution in [-0.4, -0.2) is 39.0 Å². The minimum atomic E-state index is -1.02. The number of H-pyrrole nitrogens is 1. The molecule has 2 aromatic rings. The maximum Gasteiger partial charge on any atom is 0.326 e. The standard InChI is InChI=1S/C19H19FN2O4/c20-11-5-6-12-13(9-17(23)21-14(12)8-11)18(24)22-15-4-2-1-3-10(15)7-16(22)19(25)26/h5-6,8-10,15-16H,1-4,7H2,(H,21,23)(H,25,26). The normalized spacial score (nSPS) is 25.3. The Balaban J connectivity index is 1.82. The number of aliphatic carboxylic acids is 1. The number of nitrogens with one attached hydrogen (secondary N) is 1. The van der Waals surface area contributed by atoms with Gasteiger partial charge in [0.2, 0.25) is 5.56 Å². The molecule has 7 heteroatoms. The number of carbonyl (C=O) groups is 2. The van der Waals surface area contributed by atoms with Gasteiger partial charge in [0.15, 0.2) is 0 Å². The van der Waals surface area contributed by atoms with Gasteiger partial charge in [0, 0.05) is 17.5 Å². The minimum Gasteiger partial charge on any atom is -0.480 e. The lowest BCUT2D eigenvalue weighted by molar-refractivity contribution is -0.141. The molecule has 2 heterocycles. The Morgan fingerprint density at radius 3 is 2.73 bits per heavy atom. The summed E-state index contributed by atoms with van der Waals surface area (Å²) in [5, 5.41) is 10.0. The van der Waals surface area contributed by atoms with Crippen LogP contribution in [-0.2, 0) is 4.79 Å². The van der Waals surface area contributed by atoms with Crippen LogP contribution in [0.3, 0.4) is 0 Å². The minimum absolute atomic E-state index is 0.118. The highest BCUT2D eigenvalue weighted by Crippen LogP contribution is 2.40. The van der Waals surface area contributed by atoms with Crippen molar-refractivity contribution < 1.29 is 19.1 Å². The van der Waals surface area contributed by atoms with Gasteiger partial charge in [-0.3, -0.25) is 9.59 Å². The first-order valence-corrected chi connectivity index (χ1v) is 8.84. The summed E-state index contributed by atoms with van der Waals surface area (Å²) in [6, 6.07) is 4.00. The molecule has 6 nitrogen and oxygen atoms in total. The second-order valence-electron chi connectivity index (χ2n) is 7.15. The molecule has 3 unspecified atom stereocenters. The summed E-state index contributed by atoms with van der Waals surface area (Å²) in [5.74, 6) is -1.82. The lowest BCUT2D eigenvalue weighted by Gasteiger charge is -2.33. The summed E-state index contributed by atoms with van der Waals surface area (Å²) < 4.78 is 13.5. The summed E-state index contributed by atoms with van der Waals surface area (Å²) in [7, 11) is 0. The number of carboxylic acids is 1. The number of amides is 1. The molecule has 136 valence electrons. The molecule has 0 bridgehead atoms. The molecule has 0 spiro atoms. The maximum atomic E-state index is 13.5. The first-order chi connectivity index (χ1) is 12.5. The number of halogens is 1. The van der Waals surface area contributed by atoms with Crippen molar-refractivity contribution in [1.82, 2.24) is 9.88 Å². The lowest BCUT2D eigenvalue weighted by Crippen LogP contribution is -2.46. The summed E-state index contributed by atoms with van der Waals surface area (Å²) in [6.07, 6.45) is 4.14. The smallest absolute Gasteiger partial charge is 0.326 e. The Morgan fingerprint density at radius 2 is 1.96 bits per heavy atom. The Morgan fingerprint density at radius 1 is 1.19 bits per heavy atom. The van der Waals surface area contributed by atoms with Crippen LogP contribution in [0.1, 0.15) is 42.5 Å². The van der Waals surface area contributed by atoms with Crippen molar-refractivity contribution >= 4 is 22.8 Å². The molecule has 1 aliphatic carbocycles. The number of pyridine rings is 1. The van der Waals surface area contributed by atoms with E-state index in [-0.39, 0.29) is 23.0 Å². The number of nitrogens with zero attached hydrogens (tertiary/aromatic N) is 1. The van der Waals surface area contributed by atoms with Gasteiger partial charge in [-0.1, -0.05) is 12.8 Å². The highest BCUT2D eigenvalue weighted by Gasteiger charge is 2.47. The molecule has 1 aromatic carbocycles. The molecule has 2 aliphatic rings. The number of fused-ring (bicyclic) bond motifs is 2. The SMILES string of the molecule is O=C(O)C1CC2CCCCC2N1C(=O)c1cc(=O)[nH]c2cc(F)ccc12. The molecule has 1 amide bonds. The molecule has 2 fully saturated rings. The second kappa shape index (κ2) is 6.23. The van der Waals surface area contributed by atoms with Gasteiger partial charge in [0.25, 0.3) is 5.91 Å². The van der Waals surface area contributed by atoms with Crippen LogP contribution in [0, 0.1) is 11.7 Å². The molecule has 1 aliphatic heterocycles. The number of likely N-dealkylation sites (tertiary alicyclic amines) is 1. The van der Waals surface area contributed by atoms with E-state index in [0.717, 1.165) is 31.7 Å². The first kappa shape index (κ1) is 16.8. The first-order valence-electron chi connectivity index (χ1n) is 8.84. The van der Waals surface area contributed by atoms with Crippen molar-refractivity contribution in [2.45, 2.75) is 44.2 Å². The van der Waals surface area contributed by atoms with Crippen LogP contribution >= 0.6 is 0 Å². The topological polar surface area (TPSA) is 90.5 Å². The Hall–Kier alpha value is -2.70. The third kappa shape index (κ3) is 2.67. The van der Waals surface area contributed by atoms with Crippen LogP contribution < -0.4 is 5.56 Å². The van der Waals surface area contributed by atoms with Gasteiger partial charge in [0.1, 0.15) is 11.9 Å². The number of rotatable bonds is 2. The van der Waals surface area contributed by atoms with E-state index in [0.29, 0.717) is 11.8 Å². The zero-order chi connectivity index (χ0) is 18.4. The van der Waals surface area contributed by atoms with E-state index in [4.69, 9.17) is 0 Å². The number of aromatic amines is 1. The number of carbonyl (C=O) groups excluding carboxylic acids is 1. The molecule has 4 rings (SSSR count). The highest BCUT2D eigenvalue weighted by atomic mass is 19.1. The van der Waals surface area contributed by atoms with E-state index < -0.39 is 29.3 Å². The van der Waals surface area contributed by atoms with Gasteiger partial charge < -0.3 is 15.0 Å². The molecule has 3 atom stereocenters.